The average molecular weight is 561 g/mol. The van der Waals surface area contributed by atoms with E-state index in [1.54, 1.807) is 24.0 Å². The molecule has 0 saturated carbocycles. The summed E-state index contributed by atoms with van der Waals surface area (Å²) in [6.45, 7) is 1.47. The quantitative estimate of drug-likeness (QED) is 0.268. The standard InChI is InChI=1S/C35H36N4O3/c1-38(23-27-11-5-8-14-33(27)42-2)35(41)32(20-24-15-16-25-9-3-4-10-26(25)19-24)39-18-17-36-31(34(39)40)21-28-22-37-30-13-7-6-12-29(28)30/h3-16,19,22,31-32,36-37H,17-18,20-21,23H2,1-2H3/t31-,32+/m1/s1. The average Bonchev–Trinajstić information content (AvgIpc) is 3.43. The Bertz CT molecular complexity index is 1730. The fraction of sp³-hybridized carbons (Fsp3) is 0.257. The van der Waals surface area contributed by atoms with Gasteiger partial charge in [-0.2, -0.15) is 0 Å². The molecule has 1 aliphatic rings. The van der Waals surface area contributed by atoms with Crippen LogP contribution in [-0.4, -0.2) is 65.9 Å². The number of H-pyrrole nitrogens is 1. The zero-order chi connectivity index (χ0) is 29.1. The van der Waals surface area contributed by atoms with Crippen LogP contribution in [0.2, 0.25) is 0 Å². The van der Waals surface area contributed by atoms with Gasteiger partial charge in [0.1, 0.15) is 11.8 Å². The van der Waals surface area contributed by atoms with Gasteiger partial charge in [-0.3, -0.25) is 9.59 Å². The number of para-hydroxylation sites is 2. The summed E-state index contributed by atoms with van der Waals surface area (Å²) in [5, 5.41) is 6.80. The Balaban J connectivity index is 1.29. The third kappa shape index (κ3) is 5.60. The molecular weight excluding hydrogens is 524 g/mol. The molecule has 0 spiro atoms. The Morgan fingerprint density at radius 2 is 1.74 bits per heavy atom. The molecule has 1 aromatic heterocycles. The number of hydrogen-bond acceptors (Lipinski definition) is 4. The first kappa shape index (κ1) is 27.5. The van der Waals surface area contributed by atoms with Gasteiger partial charge >= 0.3 is 0 Å². The SMILES string of the molecule is COc1ccccc1CN(C)C(=O)[C@H](Cc1ccc2ccccc2c1)N1CCN[C@H](Cc2c[nH]c3ccccc23)C1=O. The minimum absolute atomic E-state index is 0.0450. The lowest BCUT2D eigenvalue weighted by molar-refractivity contribution is -0.148. The molecule has 0 aliphatic carbocycles. The maximum absolute atomic E-state index is 14.2. The van der Waals surface area contributed by atoms with Gasteiger partial charge in [0.15, 0.2) is 0 Å². The third-order valence-corrected chi connectivity index (χ3v) is 8.30. The van der Waals surface area contributed by atoms with E-state index in [0.29, 0.717) is 32.5 Å². The van der Waals surface area contributed by atoms with Gasteiger partial charge in [-0.1, -0.05) is 78.9 Å². The Hall–Kier alpha value is -4.62. The first-order chi connectivity index (χ1) is 20.5. The normalized spacial score (nSPS) is 16.1. The van der Waals surface area contributed by atoms with Crippen LogP contribution < -0.4 is 10.1 Å². The van der Waals surface area contributed by atoms with Crippen molar-refractivity contribution in [3.05, 3.63) is 114 Å². The summed E-state index contributed by atoms with van der Waals surface area (Å²) in [7, 11) is 3.44. The van der Waals surface area contributed by atoms with Crippen molar-refractivity contribution in [2.24, 2.45) is 0 Å². The molecule has 1 fully saturated rings. The second-order valence-electron chi connectivity index (χ2n) is 11.0. The van der Waals surface area contributed by atoms with Gasteiger partial charge in [-0.05, 0) is 40.5 Å². The number of hydrogen-bond donors (Lipinski definition) is 2. The monoisotopic (exact) mass is 560 g/mol. The zero-order valence-electron chi connectivity index (χ0n) is 24.0. The number of piperazine rings is 1. The number of nitrogens with zero attached hydrogens (tertiary/aromatic N) is 2. The summed E-state index contributed by atoms with van der Waals surface area (Å²) < 4.78 is 5.54. The number of likely N-dealkylation sites (N-methyl/N-ethyl adjacent to an activating group) is 1. The van der Waals surface area contributed by atoms with Gasteiger partial charge in [0.25, 0.3) is 0 Å². The summed E-state index contributed by atoms with van der Waals surface area (Å²) in [6, 6.07) is 29.3. The summed E-state index contributed by atoms with van der Waals surface area (Å²) in [5.74, 6) is 0.604. The van der Waals surface area contributed by atoms with E-state index in [4.69, 9.17) is 4.74 Å². The van der Waals surface area contributed by atoms with Crippen LogP contribution in [-0.2, 0) is 29.0 Å². The second-order valence-corrected chi connectivity index (χ2v) is 11.0. The number of fused-ring (bicyclic) bond motifs is 2. The maximum Gasteiger partial charge on any atom is 0.245 e. The molecule has 6 rings (SSSR count). The van der Waals surface area contributed by atoms with Crippen LogP contribution in [0.25, 0.3) is 21.7 Å². The van der Waals surface area contributed by atoms with E-state index in [-0.39, 0.29) is 11.8 Å². The van der Waals surface area contributed by atoms with Gasteiger partial charge in [0.05, 0.1) is 13.2 Å². The van der Waals surface area contributed by atoms with Gasteiger partial charge < -0.3 is 24.8 Å². The number of carbonyl (C=O) groups excluding carboxylic acids is 2. The number of aromatic nitrogens is 1. The summed E-state index contributed by atoms with van der Waals surface area (Å²) in [4.78, 5) is 35.1. The van der Waals surface area contributed by atoms with Crippen LogP contribution in [0.1, 0.15) is 16.7 Å². The molecule has 1 aliphatic heterocycles. The number of methoxy groups -OCH3 is 1. The molecule has 2 amide bonds. The molecule has 42 heavy (non-hydrogen) atoms. The van der Waals surface area contributed by atoms with E-state index in [1.165, 1.54) is 0 Å². The highest BCUT2D eigenvalue weighted by Crippen LogP contribution is 2.25. The van der Waals surface area contributed by atoms with Crippen molar-refractivity contribution >= 4 is 33.5 Å². The summed E-state index contributed by atoms with van der Waals surface area (Å²) in [6.07, 6.45) is 2.97. The maximum atomic E-state index is 14.2. The number of aromatic amines is 1. The molecule has 4 aromatic carbocycles. The summed E-state index contributed by atoms with van der Waals surface area (Å²) >= 11 is 0. The Labute approximate surface area is 246 Å². The second kappa shape index (κ2) is 12.1. The van der Waals surface area contributed by atoms with Crippen LogP contribution in [0.3, 0.4) is 0 Å². The van der Waals surface area contributed by atoms with Crippen molar-refractivity contribution in [3.8, 4) is 5.75 Å². The van der Waals surface area contributed by atoms with Crippen molar-refractivity contribution in [2.75, 3.05) is 27.2 Å². The highest BCUT2D eigenvalue weighted by atomic mass is 16.5. The van der Waals surface area contributed by atoms with Crippen molar-refractivity contribution < 1.29 is 14.3 Å². The largest absolute Gasteiger partial charge is 0.496 e. The number of nitrogens with one attached hydrogen (secondary N) is 2. The van der Waals surface area contributed by atoms with E-state index < -0.39 is 12.1 Å². The first-order valence-electron chi connectivity index (χ1n) is 14.4. The van der Waals surface area contributed by atoms with E-state index in [0.717, 1.165) is 44.1 Å². The van der Waals surface area contributed by atoms with Gasteiger partial charge in [-0.25, -0.2) is 0 Å². The minimum atomic E-state index is -0.633. The molecule has 2 atom stereocenters. The zero-order valence-corrected chi connectivity index (χ0v) is 24.0. The number of ether oxygens (including phenoxy) is 1. The highest BCUT2D eigenvalue weighted by molar-refractivity contribution is 5.92. The lowest BCUT2D eigenvalue weighted by Crippen LogP contribution is -2.62. The molecule has 1 saturated heterocycles. The van der Waals surface area contributed by atoms with Gasteiger partial charge in [0, 0.05) is 55.8 Å². The number of amides is 2. The van der Waals surface area contributed by atoms with E-state index in [2.05, 4.69) is 46.7 Å². The predicted octanol–water partition coefficient (Wildman–Crippen LogP) is 4.94. The molecule has 0 bridgehead atoms. The number of rotatable bonds is 9. The van der Waals surface area contributed by atoms with Crippen LogP contribution >= 0.6 is 0 Å². The Kier molecular flexibility index (Phi) is 7.93. The molecule has 214 valence electrons. The van der Waals surface area contributed by atoms with Crippen LogP contribution in [0, 0.1) is 0 Å². The highest BCUT2D eigenvalue weighted by Gasteiger charge is 2.38. The molecule has 5 aromatic rings. The van der Waals surface area contributed by atoms with Crippen LogP contribution in [0.5, 0.6) is 5.75 Å². The lowest BCUT2D eigenvalue weighted by atomic mass is 9.97. The van der Waals surface area contributed by atoms with Crippen LogP contribution in [0.15, 0.2) is 97.2 Å². The topological polar surface area (TPSA) is 77.7 Å². The fourth-order valence-electron chi connectivity index (χ4n) is 6.09. The van der Waals surface area contributed by atoms with Gasteiger partial charge in [-0.15, -0.1) is 0 Å². The third-order valence-electron chi connectivity index (χ3n) is 8.30. The molecule has 7 nitrogen and oxygen atoms in total. The van der Waals surface area contributed by atoms with Crippen molar-refractivity contribution in [1.29, 1.82) is 0 Å². The smallest absolute Gasteiger partial charge is 0.245 e. The van der Waals surface area contributed by atoms with Crippen molar-refractivity contribution in [3.63, 3.8) is 0 Å². The fourth-order valence-corrected chi connectivity index (χ4v) is 6.09. The lowest BCUT2D eigenvalue weighted by Gasteiger charge is -2.39. The van der Waals surface area contributed by atoms with E-state index in [1.807, 2.05) is 60.8 Å². The van der Waals surface area contributed by atoms with E-state index >= 15 is 0 Å². The molecule has 2 heterocycles. The summed E-state index contributed by atoms with van der Waals surface area (Å²) in [5.41, 5.74) is 4.08. The minimum Gasteiger partial charge on any atom is -0.496 e. The molecule has 0 radical (unpaired) electrons. The van der Waals surface area contributed by atoms with Crippen molar-refractivity contribution in [1.82, 2.24) is 20.1 Å². The van der Waals surface area contributed by atoms with Crippen molar-refractivity contribution in [2.45, 2.75) is 31.5 Å². The predicted molar refractivity (Wildman–Crippen MR) is 166 cm³/mol. The molecular formula is C35H36N4O3. The van der Waals surface area contributed by atoms with Gasteiger partial charge in [0.2, 0.25) is 11.8 Å². The number of benzene rings is 4. The van der Waals surface area contributed by atoms with Crippen LogP contribution in [0.4, 0.5) is 0 Å². The molecule has 0 unspecified atom stereocenters. The van der Waals surface area contributed by atoms with E-state index in [9.17, 15) is 9.59 Å². The first-order valence-corrected chi connectivity index (χ1v) is 14.4. The molecule has 2 N–H and O–H groups in total. The molecule has 7 heteroatoms. The Morgan fingerprint density at radius 3 is 2.60 bits per heavy atom. The Morgan fingerprint density at radius 1 is 0.976 bits per heavy atom. The number of carbonyl (C=O) groups is 2.